The first kappa shape index (κ1) is 18.2. The highest BCUT2D eigenvalue weighted by Gasteiger charge is 2.15. The van der Waals surface area contributed by atoms with Crippen LogP contribution in [0.2, 0.25) is 5.02 Å². The van der Waals surface area contributed by atoms with Crippen LogP contribution in [0.5, 0.6) is 5.75 Å². The van der Waals surface area contributed by atoms with E-state index < -0.39 is 17.0 Å². The van der Waals surface area contributed by atoms with Crippen LogP contribution in [-0.2, 0) is 4.74 Å². The van der Waals surface area contributed by atoms with Crippen molar-refractivity contribution in [3.05, 3.63) is 63.2 Å². The molecule has 0 aliphatic carbocycles. The Morgan fingerprint density at radius 1 is 1.20 bits per heavy atom. The topological polar surface area (TPSA) is 108 Å². The van der Waals surface area contributed by atoms with E-state index in [-0.39, 0.29) is 28.8 Å². The number of nitro benzene ring substituents is 1. The summed E-state index contributed by atoms with van der Waals surface area (Å²) in [6, 6.07) is 9.57. The van der Waals surface area contributed by atoms with Crippen LogP contribution in [0.3, 0.4) is 0 Å². The number of esters is 1. The normalized spacial score (nSPS) is 10.0. The molecule has 0 atom stereocenters. The number of ether oxygens (including phenoxy) is 2. The minimum Gasteiger partial charge on any atom is -0.462 e. The number of rotatable bonds is 5. The quantitative estimate of drug-likeness (QED) is 0.487. The number of hydrogen-bond donors (Lipinski definition) is 1. The number of nitrogens with zero attached hydrogens (tertiary/aromatic N) is 1. The molecule has 130 valence electrons. The fourth-order valence-corrected chi connectivity index (χ4v) is 2.04. The van der Waals surface area contributed by atoms with Crippen LogP contribution >= 0.6 is 11.6 Å². The van der Waals surface area contributed by atoms with Gasteiger partial charge in [0.1, 0.15) is 10.8 Å². The number of anilines is 1. The van der Waals surface area contributed by atoms with Crippen molar-refractivity contribution in [3.8, 4) is 5.75 Å². The monoisotopic (exact) mass is 364 g/mol. The van der Waals surface area contributed by atoms with E-state index in [2.05, 4.69) is 5.32 Å². The molecule has 9 heteroatoms. The van der Waals surface area contributed by atoms with Gasteiger partial charge in [0.25, 0.3) is 5.69 Å². The zero-order chi connectivity index (χ0) is 18.4. The molecule has 1 N–H and O–H groups in total. The highest BCUT2D eigenvalue weighted by molar-refractivity contribution is 6.32. The molecular weight excluding hydrogens is 352 g/mol. The van der Waals surface area contributed by atoms with E-state index in [1.807, 2.05) is 0 Å². The number of carbonyl (C=O) groups excluding carboxylic acids is 2. The highest BCUT2D eigenvalue weighted by Crippen LogP contribution is 2.27. The van der Waals surface area contributed by atoms with Crippen molar-refractivity contribution in [3.63, 3.8) is 0 Å². The minimum atomic E-state index is -0.847. The molecule has 2 aromatic rings. The molecule has 0 bridgehead atoms. The summed E-state index contributed by atoms with van der Waals surface area (Å²) in [6.07, 6.45) is -0.847. The third kappa shape index (κ3) is 4.92. The van der Waals surface area contributed by atoms with Crippen LogP contribution in [-0.4, -0.2) is 23.6 Å². The van der Waals surface area contributed by atoms with E-state index >= 15 is 0 Å². The van der Waals surface area contributed by atoms with Crippen molar-refractivity contribution in [1.82, 2.24) is 0 Å². The van der Waals surface area contributed by atoms with Gasteiger partial charge in [0, 0.05) is 6.07 Å². The van der Waals surface area contributed by atoms with Crippen LogP contribution < -0.4 is 10.1 Å². The molecule has 0 heterocycles. The lowest BCUT2D eigenvalue weighted by Crippen LogP contribution is -2.17. The Hall–Kier alpha value is -3.13. The average molecular weight is 365 g/mol. The van der Waals surface area contributed by atoms with Gasteiger partial charge in [0.05, 0.1) is 22.8 Å². The summed E-state index contributed by atoms with van der Waals surface area (Å²) in [4.78, 5) is 33.5. The second-order valence-electron chi connectivity index (χ2n) is 4.68. The lowest BCUT2D eigenvalue weighted by atomic mass is 10.2. The summed E-state index contributed by atoms with van der Waals surface area (Å²) in [7, 11) is 0. The molecule has 0 saturated carbocycles. The smallest absolute Gasteiger partial charge is 0.417 e. The zero-order valence-electron chi connectivity index (χ0n) is 13.0. The van der Waals surface area contributed by atoms with Gasteiger partial charge in [-0.15, -0.1) is 0 Å². The average Bonchev–Trinajstić information content (AvgIpc) is 2.57. The molecule has 0 spiro atoms. The zero-order valence-corrected chi connectivity index (χ0v) is 13.8. The summed E-state index contributed by atoms with van der Waals surface area (Å²) >= 11 is 5.70. The van der Waals surface area contributed by atoms with E-state index in [1.54, 1.807) is 6.92 Å². The van der Waals surface area contributed by atoms with Gasteiger partial charge in [-0.3, -0.25) is 15.4 Å². The molecule has 0 radical (unpaired) electrons. The maximum atomic E-state index is 11.8. The molecule has 0 saturated heterocycles. The van der Waals surface area contributed by atoms with E-state index in [0.29, 0.717) is 5.56 Å². The fraction of sp³-hybridized carbons (Fsp3) is 0.125. The SMILES string of the molecule is CCOC(=O)c1ccc(OC(=O)Nc2ccc(Cl)c([N+](=O)[O-])c2)cc1. The van der Waals surface area contributed by atoms with Crippen molar-refractivity contribution in [2.45, 2.75) is 6.92 Å². The molecule has 0 aliphatic heterocycles. The van der Waals surface area contributed by atoms with Crippen molar-refractivity contribution < 1.29 is 24.0 Å². The number of carbonyl (C=O) groups is 2. The Kier molecular flexibility index (Phi) is 5.91. The van der Waals surface area contributed by atoms with Gasteiger partial charge in [-0.1, -0.05) is 11.6 Å². The van der Waals surface area contributed by atoms with E-state index in [9.17, 15) is 19.7 Å². The largest absolute Gasteiger partial charge is 0.462 e. The Bertz CT molecular complexity index is 807. The third-order valence-corrected chi connectivity index (χ3v) is 3.28. The van der Waals surface area contributed by atoms with E-state index in [0.717, 1.165) is 6.07 Å². The minimum absolute atomic E-state index is 0.0431. The standard InChI is InChI=1S/C16H13ClN2O6/c1-2-24-15(20)10-3-6-12(7-4-10)25-16(21)18-11-5-8-13(17)14(9-11)19(22)23/h3-9H,2H2,1H3,(H,18,21). The van der Waals surface area contributed by atoms with Crippen molar-refractivity contribution in [2.75, 3.05) is 11.9 Å². The van der Waals surface area contributed by atoms with Crippen LogP contribution in [0, 0.1) is 10.1 Å². The van der Waals surface area contributed by atoms with Gasteiger partial charge in [-0.25, -0.2) is 9.59 Å². The second kappa shape index (κ2) is 8.11. The molecule has 0 aromatic heterocycles. The maximum absolute atomic E-state index is 11.8. The number of amides is 1. The van der Waals surface area contributed by atoms with Crippen LogP contribution in [0.4, 0.5) is 16.2 Å². The summed E-state index contributed by atoms with van der Waals surface area (Å²) in [6.45, 7) is 1.95. The first-order chi connectivity index (χ1) is 11.9. The molecule has 0 aliphatic rings. The van der Waals surface area contributed by atoms with Gasteiger partial charge in [0.15, 0.2) is 0 Å². The molecule has 0 fully saturated rings. The Labute approximate surface area is 147 Å². The van der Waals surface area contributed by atoms with E-state index in [1.165, 1.54) is 36.4 Å². The van der Waals surface area contributed by atoms with Crippen LogP contribution in [0.1, 0.15) is 17.3 Å². The highest BCUT2D eigenvalue weighted by atomic mass is 35.5. The van der Waals surface area contributed by atoms with Crippen LogP contribution in [0.15, 0.2) is 42.5 Å². The number of halogens is 1. The number of benzene rings is 2. The summed E-state index contributed by atoms with van der Waals surface area (Å²) in [5, 5.41) is 13.1. The third-order valence-electron chi connectivity index (χ3n) is 2.97. The molecule has 2 aromatic carbocycles. The van der Waals surface area contributed by atoms with Gasteiger partial charge in [-0.05, 0) is 43.3 Å². The van der Waals surface area contributed by atoms with Crippen LogP contribution in [0.25, 0.3) is 0 Å². The maximum Gasteiger partial charge on any atom is 0.417 e. The number of nitrogens with one attached hydrogen (secondary N) is 1. The Morgan fingerprint density at radius 2 is 1.88 bits per heavy atom. The summed E-state index contributed by atoms with van der Waals surface area (Å²) in [5.74, 6) is -0.291. The van der Waals surface area contributed by atoms with Crippen molar-refractivity contribution in [1.29, 1.82) is 0 Å². The summed E-state index contributed by atoms with van der Waals surface area (Å²) in [5.41, 5.74) is 0.144. The molecule has 0 unspecified atom stereocenters. The Morgan fingerprint density at radius 3 is 2.48 bits per heavy atom. The predicted molar refractivity (Wildman–Crippen MR) is 90.2 cm³/mol. The second-order valence-corrected chi connectivity index (χ2v) is 5.09. The first-order valence-electron chi connectivity index (χ1n) is 7.10. The van der Waals surface area contributed by atoms with Crippen molar-refractivity contribution >= 4 is 35.0 Å². The van der Waals surface area contributed by atoms with Gasteiger partial charge in [-0.2, -0.15) is 0 Å². The first-order valence-corrected chi connectivity index (χ1v) is 7.48. The Balaban J connectivity index is 2.02. The molecule has 25 heavy (non-hydrogen) atoms. The van der Waals surface area contributed by atoms with Gasteiger partial charge >= 0.3 is 12.1 Å². The van der Waals surface area contributed by atoms with Gasteiger partial charge < -0.3 is 9.47 Å². The molecular formula is C16H13ClN2O6. The number of nitro groups is 1. The van der Waals surface area contributed by atoms with Gasteiger partial charge in [0.2, 0.25) is 0 Å². The predicted octanol–water partition coefficient (Wildman–Crippen LogP) is 4.04. The molecule has 8 nitrogen and oxygen atoms in total. The fourth-order valence-electron chi connectivity index (χ4n) is 1.85. The number of hydrogen-bond acceptors (Lipinski definition) is 6. The lowest BCUT2D eigenvalue weighted by Gasteiger charge is -2.07. The molecule has 1 amide bonds. The molecule has 2 rings (SSSR count). The van der Waals surface area contributed by atoms with Crippen molar-refractivity contribution in [2.24, 2.45) is 0 Å². The lowest BCUT2D eigenvalue weighted by molar-refractivity contribution is -0.384. The van der Waals surface area contributed by atoms with E-state index in [4.69, 9.17) is 21.1 Å². The summed E-state index contributed by atoms with van der Waals surface area (Å²) < 4.78 is 9.88.